The van der Waals surface area contributed by atoms with E-state index in [1.54, 1.807) is 36.4 Å². The summed E-state index contributed by atoms with van der Waals surface area (Å²) < 4.78 is 24.9. The maximum atomic E-state index is 12.4. The van der Waals surface area contributed by atoms with E-state index in [9.17, 15) is 8.42 Å². The predicted octanol–water partition coefficient (Wildman–Crippen LogP) is 2.56. The zero-order valence-electron chi connectivity index (χ0n) is 12.4. The molecule has 118 valence electrons. The molecule has 0 aromatic heterocycles. The van der Waals surface area contributed by atoms with Crippen molar-refractivity contribution in [3.8, 4) is 0 Å². The fourth-order valence-corrected chi connectivity index (χ4v) is 3.69. The van der Waals surface area contributed by atoms with Crippen molar-refractivity contribution in [3.63, 3.8) is 0 Å². The minimum Gasteiger partial charge on any atom is -0.398 e. The molecule has 0 fully saturated rings. The van der Waals surface area contributed by atoms with Crippen LogP contribution in [0.5, 0.6) is 0 Å². The van der Waals surface area contributed by atoms with Crippen molar-refractivity contribution in [2.45, 2.75) is 29.9 Å². The first-order chi connectivity index (χ1) is 10.5. The Hall–Kier alpha value is -1.85. The Morgan fingerprint density at radius 2 is 1.73 bits per heavy atom. The minimum absolute atomic E-state index is 0.101. The van der Waals surface area contributed by atoms with Crippen LogP contribution in [0.15, 0.2) is 53.4 Å². The van der Waals surface area contributed by atoms with Gasteiger partial charge in [-0.2, -0.15) is 0 Å². The zero-order valence-corrected chi connectivity index (χ0v) is 13.2. The van der Waals surface area contributed by atoms with E-state index in [-0.39, 0.29) is 12.4 Å². The van der Waals surface area contributed by atoms with Gasteiger partial charge in [-0.25, -0.2) is 8.42 Å². The van der Waals surface area contributed by atoms with Crippen LogP contribution in [-0.4, -0.2) is 20.1 Å². The van der Waals surface area contributed by atoms with E-state index < -0.39 is 9.84 Å². The Labute approximate surface area is 131 Å². The second-order valence-electron chi connectivity index (χ2n) is 5.29. The molecule has 0 saturated heterocycles. The molecule has 0 aliphatic carbocycles. The molecule has 5 heteroatoms. The summed E-state index contributed by atoms with van der Waals surface area (Å²) in [7, 11) is -3.40. The molecule has 2 aromatic rings. The van der Waals surface area contributed by atoms with Crippen molar-refractivity contribution >= 4 is 15.5 Å². The summed E-state index contributed by atoms with van der Waals surface area (Å²) in [5.74, 6) is -0.101. The van der Waals surface area contributed by atoms with E-state index >= 15 is 0 Å². The third kappa shape index (κ3) is 4.32. The van der Waals surface area contributed by atoms with Crippen molar-refractivity contribution in [2.75, 3.05) is 12.3 Å². The summed E-state index contributed by atoms with van der Waals surface area (Å²) in [5, 5.41) is 8.82. The highest BCUT2D eigenvalue weighted by Gasteiger charge is 2.16. The lowest BCUT2D eigenvalue weighted by Gasteiger charge is -2.10. The normalized spacial score (nSPS) is 11.5. The molecule has 0 saturated carbocycles. The van der Waals surface area contributed by atoms with Gasteiger partial charge in [0.25, 0.3) is 0 Å². The number of aryl methyl sites for hydroxylation is 1. The van der Waals surface area contributed by atoms with Crippen LogP contribution in [0.4, 0.5) is 5.69 Å². The van der Waals surface area contributed by atoms with Crippen molar-refractivity contribution in [3.05, 3.63) is 59.7 Å². The number of nitrogen functional groups attached to an aromatic ring is 1. The van der Waals surface area contributed by atoms with Crippen molar-refractivity contribution < 1.29 is 13.5 Å². The smallest absolute Gasteiger partial charge is 0.182 e. The van der Waals surface area contributed by atoms with Gasteiger partial charge < -0.3 is 10.8 Å². The molecule has 0 aliphatic rings. The number of rotatable bonds is 7. The molecule has 0 amide bonds. The molecule has 0 atom stereocenters. The summed E-state index contributed by atoms with van der Waals surface area (Å²) in [4.78, 5) is 0.306. The topological polar surface area (TPSA) is 80.4 Å². The first-order valence-corrected chi connectivity index (χ1v) is 8.94. The summed E-state index contributed by atoms with van der Waals surface area (Å²) >= 11 is 0. The van der Waals surface area contributed by atoms with Gasteiger partial charge in [-0.15, -0.1) is 0 Å². The third-order valence-corrected chi connectivity index (χ3v) is 5.21. The molecule has 4 nitrogen and oxygen atoms in total. The number of anilines is 1. The van der Waals surface area contributed by atoms with E-state index in [0.29, 0.717) is 16.1 Å². The predicted molar refractivity (Wildman–Crippen MR) is 88.2 cm³/mol. The number of aliphatic hydroxyl groups excluding tert-OH is 1. The zero-order chi connectivity index (χ0) is 16.0. The Kier molecular flexibility index (Phi) is 5.57. The molecule has 0 radical (unpaired) electrons. The van der Waals surface area contributed by atoms with Gasteiger partial charge in [0, 0.05) is 12.3 Å². The molecule has 0 aliphatic heterocycles. The number of aliphatic hydroxyl groups is 1. The maximum Gasteiger partial charge on any atom is 0.182 e. The van der Waals surface area contributed by atoms with Crippen molar-refractivity contribution in [1.82, 2.24) is 0 Å². The highest BCUT2D eigenvalue weighted by atomic mass is 32.2. The highest BCUT2D eigenvalue weighted by molar-refractivity contribution is 7.90. The van der Waals surface area contributed by atoms with E-state index in [2.05, 4.69) is 0 Å². The molecule has 0 spiro atoms. The van der Waals surface area contributed by atoms with Crippen LogP contribution in [0.1, 0.15) is 24.0 Å². The van der Waals surface area contributed by atoms with Crippen molar-refractivity contribution in [1.29, 1.82) is 0 Å². The van der Waals surface area contributed by atoms with Crippen LogP contribution in [-0.2, 0) is 22.0 Å². The van der Waals surface area contributed by atoms with Crippen LogP contribution >= 0.6 is 0 Å². The van der Waals surface area contributed by atoms with E-state index in [1.807, 2.05) is 12.1 Å². The average Bonchev–Trinajstić information content (AvgIpc) is 2.51. The van der Waals surface area contributed by atoms with Gasteiger partial charge >= 0.3 is 0 Å². The lowest BCUT2D eigenvalue weighted by molar-refractivity contribution is 0.284. The second kappa shape index (κ2) is 7.42. The quantitative estimate of drug-likeness (QED) is 0.607. The molecule has 0 heterocycles. The monoisotopic (exact) mass is 319 g/mol. The van der Waals surface area contributed by atoms with Gasteiger partial charge in [-0.3, -0.25) is 0 Å². The Morgan fingerprint density at radius 1 is 1.00 bits per heavy atom. The summed E-state index contributed by atoms with van der Waals surface area (Å²) in [6.07, 6.45) is 2.41. The fraction of sp³-hybridized carbons (Fsp3) is 0.294. The Bertz CT molecular complexity index is 712. The van der Waals surface area contributed by atoms with E-state index in [1.165, 1.54) is 0 Å². The average molecular weight is 319 g/mol. The van der Waals surface area contributed by atoms with Gasteiger partial charge in [0.1, 0.15) is 0 Å². The second-order valence-corrected chi connectivity index (χ2v) is 7.28. The molecule has 2 aromatic carbocycles. The number of unbranched alkanes of at least 4 members (excludes halogenated alkanes) is 1. The summed E-state index contributed by atoms with van der Waals surface area (Å²) in [6, 6.07) is 13.9. The van der Waals surface area contributed by atoms with Crippen LogP contribution in [0.25, 0.3) is 0 Å². The number of hydrogen-bond acceptors (Lipinski definition) is 4. The SMILES string of the molecule is Nc1ccc(CCCCO)cc1CS(=O)(=O)c1ccccc1. The number of hydrogen-bond donors (Lipinski definition) is 2. The van der Waals surface area contributed by atoms with Gasteiger partial charge in [-0.05, 0) is 48.6 Å². The third-order valence-electron chi connectivity index (χ3n) is 3.53. The number of nitrogens with two attached hydrogens (primary N) is 1. The number of benzene rings is 2. The lowest BCUT2D eigenvalue weighted by Crippen LogP contribution is -2.07. The molecule has 2 rings (SSSR count). The molecule has 3 N–H and O–H groups in total. The van der Waals surface area contributed by atoms with Crippen LogP contribution in [0.3, 0.4) is 0 Å². The first kappa shape index (κ1) is 16.5. The Balaban J connectivity index is 2.20. The standard InChI is InChI=1S/C17H21NO3S/c18-17-10-9-14(6-4-5-11-19)12-15(17)13-22(20,21)16-7-2-1-3-8-16/h1-3,7-10,12,19H,4-6,11,13,18H2. The Morgan fingerprint density at radius 3 is 2.41 bits per heavy atom. The lowest BCUT2D eigenvalue weighted by atomic mass is 10.0. The van der Waals surface area contributed by atoms with Gasteiger partial charge in [0.2, 0.25) is 0 Å². The molecule has 0 unspecified atom stereocenters. The molecular formula is C17H21NO3S. The molecular weight excluding hydrogens is 298 g/mol. The summed E-state index contributed by atoms with van der Waals surface area (Å²) in [5.41, 5.74) is 8.09. The van der Waals surface area contributed by atoms with Crippen LogP contribution in [0.2, 0.25) is 0 Å². The van der Waals surface area contributed by atoms with Crippen molar-refractivity contribution in [2.24, 2.45) is 0 Å². The minimum atomic E-state index is -3.40. The first-order valence-electron chi connectivity index (χ1n) is 7.29. The van der Waals surface area contributed by atoms with Gasteiger partial charge in [0.15, 0.2) is 9.84 Å². The fourth-order valence-electron chi connectivity index (χ4n) is 2.30. The van der Waals surface area contributed by atoms with E-state index in [4.69, 9.17) is 10.8 Å². The molecule has 0 bridgehead atoms. The summed E-state index contributed by atoms with van der Waals surface area (Å²) in [6.45, 7) is 0.171. The molecule has 22 heavy (non-hydrogen) atoms. The van der Waals surface area contributed by atoms with E-state index in [0.717, 1.165) is 24.8 Å². The maximum absolute atomic E-state index is 12.4. The van der Waals surface area contributed by atoms with Crippen LogP contribution < -0.4 is 5.73 Å². The number of sulfone groups is 1. The van der Waals surface area contributed by atoms with Gasteiger partial charge in [0.05, 0.1) is 10.6 Å². The van der Waals surface area contributed by atoms with Crippen LogP contribution in [0, 0.1) is 0 Å². The van der Waals surface area contributed by atoms with Gasteiger partial charge in [-0.1, -0.05) is 30.3 Å². The highest BCUT2D eigenvalue weighted by Crippen LogP contribution is 2.22. The largest absolute Gasteiger partial charge is 0.398 e.